The van der Waals surface area contributed by atoms with Crippen molar-refractivity contribution in [3.63, 3.8) is 0 Å². The zero-order valence-electron chi connectivity index (χ0n) is 15.7. The van der Waals surface area contributed by atoms with Crippen molar-refractivity contribution in [2.45, 2.75) is 52.0 Å². The minimum atomic E-state index is -0.144. The molecule has 4 heterocycles. The molecule has 1 amide bonds. The lowest BCUT2D eigenvalue weighted by Crippen LogP contribution is -2.50. The summed E-state index contributed by atoms with van der Waals surface area (Å²) in [6.07, 6.45) is 2.01. The maximum absolute atomic E-state index is 11.8. The minimum Gasteiger partial charge on any atom is -0.367 e. The molecule has 1 fully saturated rings. The Labute approximate surface area is 158 Å². The Hall–Kier alpha value is -1.70. The van der Waals surface area contributed by atoms with Crippen molar-refractivity contribution in [1.82, 2.24) is 20.0 Å². The Bertz CT molecular complexity index is 818. The summed E-state index contributed by atoms with van der Waals surface area (Å²) in [6.45, 7) is 8.76. The number of carbonyl (C=O) groups excluding carboxylic acids is 1. The highest BCUT2D eigenvalue weighted by atomic mass is 32.1. The first-order valence-corrected chi connectivity index (χ1v) is 10.0. The summed E-state index contributed by atoms with van der Waals surface area (Å²) in [5, 5.41) is 7.12. The van der Waals surface area contributed by atoms with E-state index in [4.69, 9.17) is 4.74 Å². The average Bonchev–Trinajstić information content (AvgIpc) is 3.18. The monoisotopic (exact) mass is 374 g/mol. The van der Waals surface area contributed by atoms with Crippen LogP contribution in [-0.4, -0.2) is 46.3 Å². The SMILES string of the molecule is CNC(=O)c1cc2n(n1)CC1(CCN(Cc3cc(C)sc3C)CC1)OC2. The minimum absolute atomic E-state index is 0.141. The summed E-state index contributed by atoms with van der Waals surface area (Å²) in [4.78, 5) is 17.2. The molecule has 2 aliphatic rings. The summed E-state index contributed by atoms with van der Waals surface area (Å²) in [7, 11) is 1.63. The summed E-state index contributed by atoms with van der Waals surface area (Å²) in [5.74, 6) is -0.141. The highest BCUT2D eigenvalue weighted by Gasteiger charge is 2.40. The van der Waals surface area contributed by atoms with Crippen LogP contribution in [0.15, 0.2) is 12.1 Å². The van der Waals surface area contributed by atoms with Crippen LogP contribution in [0.25, 0.3) is 0 Å². The molecule has 7 heteroatoms. The van der Waals surface area contributed by atoms with Gasteiger partial charge in [0.25, 0.3) is 5.91 Å². The van der Waals surface area contributed by atoms with E-state index in [1.54, 1.807) is 7.05 Å². The molecular weight excluding hydrogens is 348 g/mol. The number of likely N-dealkylation sites (tertiary alicyclic amines) is 1. The van der Waals surface area contributed by atoms with Crippen LogP contribution in [0.1, 0.15) is 44.3 Å². The number of aromatic nitrogens is 2. The highest BCUT2D eigenvalue weighted by molar-refractivity contribution is 7.12. The van der Waals surface area contributed by atoms with E-state index in [-0.39, 0.29) is 11.5 Å². The Morgan fingerprint density at radius 3 is 2.77 bits per heavy atom. The van der Waals surface area contributed by atoms with E-state index < -0.39 is 0 Å². The van der Waals surface area contributed by atoms with E-state index in [1.165, 1.54) is 15.3 Å². The van der Waals surface area contributed by atoms with Crippen molar-refractivity contribution in [3.8, 4) is 0 Å². The number of nitrogens with one attached hydrogen (secondary N) is 1. The first-order valence-electron chi connectivity index (χ1n) is 9.19. The zero-order valence-corrected chi connectivity index (χ0v) is 16.5. The van der Waals surface area contributed by atoms with Crippen molar-refractivity contribution < 1.29 is 9.53 Å². The van der Waals surface area contributed by atoms with Gasteiger partial charge in [0.05, 0.1) is 24.4 Å². The highest BCUT2D eigenvalue weighted by Crippen LogP contribution is 2.34. The molecule has 4 rings (SSSR count). The Morgan fingerprint density at radius 1 is 1.35 bits per heavy atom. The van der Waals surface area contributed by atoms with Gasteiger partial charge in [0.1, 0.15) is 0 Å². The lowest BCUT2D eigenvalue weighted by atomic mass is 9.89. The third-order valence-corrected chi connectivity index (χ3v) is 6.60. The van der Waals surface area contributed by atoms with Gasteiger partial charge < -0.3 is 10.1 Å². The van der Waals surface area contributed by atoms with Crippen molar-refractivity contribution in [2.24, 2.45) is 0 Å². The van der Waals surface area contributed by atoms with Gasteiger partial charge in [-0.3, -0.25) is 14.4 Å². The molecular formula is C19H26N4O2S. The van der Waals surface area contributed by atoms with Crippen LogP contribution in [0.5, 0.6) is 0 Å². The van der Waals surface area contributed by atoms with Gasteiger partial charge in [0, 0.05) is 36.4 Å². The van der Waals surface area contributed by atoms with E-state index in [1.807, 2.05) is 22.1 Å². The van der Waals surface area contributed by atoms with E-state index >= 15 is 0 Å². The molecule has 0 aliphatic carbocycles. The number of amides is 1. The van der Waals surface area contributed by atoms with Gasteiger partial charge in [-0.2, -0.15) is 5.10 Å². The molecule has 2 aromatic rings. The molecule has 0 aromatic carbocycles. The summed E-state index contributed by atoms with van der Waals surface area (Å²) < 4.78 is 8.24. The first-order chi connectivity index (χ1) is 12.5. The molecule has 2 aromatic heterocycles. The van der Waals surface area contributed by atoms with E-state index in [0.29, 0.717) is 12.3 Å². The molecule has 0 unspecified atom stereocenters. The van der Waals surface area contributed by atoms with Gasteiger partial charge in [-0.15, -0.1) is 11.3 Å². The number of hydrogen-bond donors (Lipinski definition) is 1. The molecule has 0 atom stereocenters. The molecule has 1 N–H and O–H groups in total. The summed E-state index contributed by atoms with van der Waals surface area (Å²) in [5.41, 5.74) is 2.78. The number of carbonyl (C=O) groups is 1. The largest absolute Gasteiger partial charge is 0.367 e. The standard InChI is InChI=1S/C19H26N4O2S/c1-13-8-15(14(2)26-13)10-22-6-4-19(5-7-22)12-23-16(11-25-19)9-17(21-23)18(24)20-3/h8-9H,4-7,10-12H2,1-3H3,(H,20,24). The van der Waals surface area contributed by atoms with Crippen LogP contribution in [0.4, 0.5) is 0 Å². The van der Waals surface area contributed by atoms with Gasteiger partial charge in [-0.25, -0.2) is 0 Å². The van der Waals surface area contributed by atoms with E-state index in [0.717, 1.165) is 44.7 Å². The van der Waals surface area contributed by atoms with Gasteiger partial charge >= 0.3 is 0 Å². The Morgan fingerprint density at radius 2 is 2.12 bits per heavy atom. The van der Waals surface area contributed by atoms with Gasteiger partial charge in [0.2, 0.25) is 0 Å². The van der Waals surface area contributed by atoms with Crippen LogP contribution >= 0.6 is 11.3 Å². The van der Waals surface area contributed by atoms with Gasteiger partial charge in [-0.1, -0.05) is 0 Å². The lowest BCUT2D eigenvalue weighted by molar-refractivity contribution is -0.124. The number of hydrogen-bond acceptors (Lipinski definition) is 5. The number of piperidine rings is 1. The number of aryl methyl sites for hydroxylation is 2. The molecule has 0 radical (unpaired) electrons. The molecule has 1 saturated heterocycles. The second-order valence-corrected chi connectivity index (χ2v) is 8.90. The number of thiophene rings is 1. The predicted molar refractivity (Wildman–Crippen MR) is 101 cm³/mol. The number of rotatable bonds is 3. The third-order valence-electron chi connectivity index (χ3n) is 5.59. The topological polar surface area (TPSA) is 59.4 Å². The maximum atomic E-state index is 11.8. The molecule has 6 nitrogen and oxygen atoms in total. The Balaban J connectivity index is 1.40. The van der Waals surface area contributed by atoms with Crippen LogP contribution in [0, 0.1) is 13.8 Å². The van der Waals surface area contributed by atoms with Crippen molar-refractivity contribution >= 4 is 17.2 Å². The van der Waals surface area contributed by atoms with E-state index in [2.05, 4.69) is 35.2 Å². The normalized spacial score (nSPS) is 19.5. The average molecular weight is 375 g/mol. The molecule has 140 valence electrons. The van der Waals surface area contributed by atoms with Crippen molar-refractivity contribution in [2.75, 3.05) is 20.1 Å². The van der Waals surface area contributed by atoms with Gasteiger partial charge in [0.15, 0.2) is 5.69 Å². The second kappa shape index (κ2) is 6.79. The van der Waals surface area contributed by atoms with Crippen LogP contribution in [0.3, 0.4) is 0 Å². The second-order valence-electron chi connectivity index (χ2n) is 7.44. The number of fused-ring (bicyclic) bond motifs is 1. The van der Waals surface area contributed by atoms with Crippen LogP contribution in [0.2, 0.25) is 0 Å². The summed E-state index contributed by atoms with van der Waals surface area (Å²) >= 11 is 1.88. The quantitative estimate of drug-likeness (QED) is 0.897. The molecule has 2 aliphatic heterocycles. The van der Waals surface area contributed by atoms with E-state index in [9.17, 15) is 4.79 Å². The van der Waals surface area contributed by atoms with Crippen molar-refractivity contribution in [1.29, 1.82) is 0 Å². The molecule has 26 heavy (non-hydrogen) atoms. The first kappa shape index (κ1) is 17.7. The fraction of sp³-hybridized carbons (Fsp3) is 0.579. The fourth-order valence-corrected chi connectivity index (χ4v) is 4.93. The third kappa shape index (κ3) is 3.31. The molecule has 0 bridgehead atoms. The maximum Gasteiger partial charge on any atom is 0.271 e. The lowest BCUT2D eigenvalue weighted by Gasteiger charge is -2.43. The molecule has 0 saturated carbocycles. The smallest absolute Gasteiger partial charge is 0.271 e. The summed E-state index contributed by atoms with van der Waals surface area (Å²) in [6, 6.07) is 4.15. The number of nitrogens with zero attached hydrogens (tertiary/aromatic N) is 3. The van der Waals surface area contributed by atoms with Crippen molar-refractivity contribution in [3.05, 3.63) is 38.8 Å². The predicted octanol–water partition coefficient (Wildman–Crippen LogP) is 2.49. The molecule has 1 spiro atoms. The fourth-order valence-electron chi connectivity index (χ4n) is 4.00. The Kier molecular flexibility index (Phi) is 4.62. The van der Waals surface area contributed by atoms with Crippen LogP contribution < -0.4 is 5.32 Å². The van der Waals surface area contributed by atoms with Crippen LogP contribution in [-0.2, 0) is 24.4 Å². The number of ether oxygens (including phenoxy) is 1. The van der Waals surface area contributed by atoms with Gasteiger partial charge in [-0.05, 0) is 44.4 Å². The zero-order chi connectivity index (χ0) is 18.3.